The second kappa shape index (κ2) is 20.3. The molecule has 4 aliphatic carbocycles. The number of nitrogens with zero attached hydrogens (tertiary/aromatic N) is 4. The van der Waals surface area contributed by atoms with Gasteiger partial charge in [0.05, 0.1) is 32.3 Å². The number of likely N-dealkylation sites (tertiary alicyclic amines) is 2. The largest absolute Gasteiger partial charge is 0.481 e. The van der Waals surface area contributed by atoms with Gasteiger partial charge in [-0.15, -0.1) is 11.8 Å². The maximum Gasteiger partial charge on any atom is 0.425 e. The Hall–Kier alpha value is -5.06. The first-order chi connectivity index (χ1) is 35.0. The molecule has 0 bridgehead atoms. The molecule has 416 valence electrons. The number of carbonyl (C=O) groups is 4. The van der Waals surface area contributed by atoms with Gasteiger partial charge in [0.1, 0.15) is 45.5 Å². The molecule has 2 heterocycles. The van der Waals surface area contributed by atoms with E-state index in [9.17, 15) is 90.8 Å². The summed E-state index contributed by atoms with van der Waals surface area (Å²) in [7, 11) is -4.50. The minimum atomic E-state index is -4.92. The van der Waals surface area contributed by atoms with Crippen LogP contribution in [0.5, 0.6) is 11.5 Å². The molecule has 0 spiro atoms. The van der Waals surface area contributed by atoms with E-state index in [0.29, 0.717) is 35.5 Å². The van der Waals surface area contributed by atoms with E-state index in [1.54, 1.807) is 0 Å². The first kappa shape index (κ1) is 58.6. The number of hydrogen-bond donors (Lipinski definition) is 2. The molecule has 4 amide bonds. The molecule has 8 rings (SSSR count). The molecule has 6 atom stereocenters. The van der Waals surface area contributed by atoms with Gasteiger partial charge in [0.15, 0.2) is 22.0 Å². The lowest BCUT2D eigenvalue weighted by Crippen LogP contribution is -2.53. The van der Waals surface area contributed by atoms with Gasteiger partial charge in [0.2, 0.25) is 23.6 Å². The molecule has 2 aliphatic heterocycles. The molecule has 76 heavy (non-hydrogen) atoms. The number of rotatable bonds is 14. The summed E-state index contributed by atoms with van der Waals surface area (Å²) in [5.74, 6) is -4.73. The Bertz CT molecular complexity index is 2840. The van der Waals surface area contributed by atoms with Gasteiger partial charge in [0.25, 0.3) is 0 Å². The highest BCUT2D eigenvalue weighted by Crippen LogP contribution is 2.60. The quantitative estimate of drug-likeness (QED) is 0.171. The molecule has 2 aromatic carbocycles. The average Bonchev–Trinajstić information content (AvgIpc) is 4.15. The zero-order valence-corrected chi connectivity index (χ0v) is 42.7. The summed E-state index contributed by atoms with van der Waals surface area (Å²) in [5.41, 5.74) is -7.52. The monoisotopic (exact) mass is 1170 g/mol. The second-order valence-corrected chi connectivity index (χ2v) is 24.0. The van der Waals surface area contributed by atoms with Crippen LogP contribution in [0.3, 0.4) is 0 Å². The number of sulfone groups is 1. The topological polar surface area (TPSA) is 199 Å². The summed E-state index contributed by atoms with van der Waals surface area (Å²) < 4.78 is 195. The lowest BCUT2D eigenvalue weighted by molar-refractivity contribution is -0.200. The minimum Gasteiger partial charge on any atom is -0.481 e. The van der Waals surface area contributed by atoms with E-state index in [1.807, 2.05) is 12.1 Å². The van der Waals surface area contributed by atoms with E-state index >= 15 is 0 Å². The molecule has 1 unspecified atom stereocenters. The molecule has 0 aromatic heterocycles. The van der Waals surface area contributed by atoms with Gasteiger partial charge in [-0.1, -0.05) is 23.2 Å². The fourth-order valence-electron chi connectivity index (χ4n) is 8.64. The van der Waals surface area contributed by atoms with E-state index in [4.69, 9.17) is 32.7 Å². The van der Waals surface area contributed by atoms with Gasteiger partial charge >= 0.3 is 24.7 Å². The van der Waals surface area contributed by atoms with Crippen LogP contribution in [0.15, 0.2) is 46.2 Å². The molecule has 14 nitrogen and oxygen atoms in total. The maximum absolute atomic E-state index is 13.7. The van der Waals surface area contributed by atoms with Gasteiger partial charge in [-0.3, -0.25) is 19.2 Å². The summed E-state index contributed by atoms with van der Waals surface area (Å²) in [6, 6.07) is 7.64. The van der Waals surface area contributed by atoms with E-state index < -0.39 is 151 Å². The molecule has 30 heteroatoms. The Morgan fingerprint density at radius 1 is 0.658 bits per heavy atom. The van der Waals surface area contributed by atoms with Crippen molar-refractivity contribution in [2.45, 2.75) is 158 Å². The summed E-state index contributed by atoms with van der Waals surface area (Å²) >= 11 is 13.4. The van der Waals surface area contributed by atoms with Gasteiger partial charge in [-0.2, -0.15) is 63.2 Å². The number of thioether (sulfide) groups is 1. The summed E-state index contributed by atoms with van der Waals surface area (Å²) in [4.78, 5) is 53.5. The molecule has 6 fully saturated rings. The Balaban J connectivity index is 0.000000221. The van der Waals surface area contributed by atoms with Crippen LogP contribution in [0.1, 0.15) is 78.1 Å². The molecular weight excluding hydrogens is 1130 g/mol. The van der Waals surface area contributed by atoms with Crippen LogP contribution >= 0.6 is 35.0 Å². The van der Waals surface area contributed by atoms with E-state index in [0.717, 1.165) is 48.7 Å². The lowest BCUT2D eigenvalue weighted by atomic mass is 10.0. The average molecular weight is 1170 g/mol. The van der Waals surface area contributed by atoms with Crippen molar-refractivity contribution in [1.29, 1.82) is 10.5 Å². The fourth-order valence-corrected chi connectivity index (χ4v) is 12.4. The number of amides is 4. The number of nitriles is 2. The number of halogens is 14. The molecule has 6 aliphatic rings. The van der Waals surface area contributed by atoms with Crippen molar-refractivity contribution >= 4 is 68.4 Å². The Kier molecular flexibility index (Phi) is 15.7. The highest BCUT2D eigenvalue weighted by Gasteiger charge is 2.72. The normalized spacial score (nSPS) is 24.6. The highest BCUT2D eigenvalue weighted by molar-refractivity contribution is 8.00. The third kappa shape index (κ3) is 12.0. The smallest absolute Gasteiger partial charge is 0.425 e. The highest BCUT2D eigenvalue weighted by atomic mass is 35.5. The third-order valence-electron chi connectivity index (χ3n) is 14.1. The van der Waals surface area contributed by atoms with E-state index in [-0.39, 0.29) is 42.3 Å². The van der Waals surface area contributed by atoms with Crippen LogP contribution in [0.25, 0.3) is 0 Å². The van der Waals surface area contributed by atoms with Crippen molar-refractivity contribution in [3.8, 4) is 23.6 Å². The summed E-state index contributed by atoms with van der Waals surface area (Å²) in [5, 5.41) is 21.0. The molecular formula is C46H44Cl2F12N6O8S2. The first-order valence-corrected chi connectivity index (χ1v) is 26.3. The van der Waals surface area contributed by atoms with Crippen molar-refractivity contribution in [3.63, 3.8) is 0 Å². The van der Waals surface area contributed by atoms with Gasteiger partial charge < -0.3 is 29.9 Å². The summed E-state index contributed by atoms with van der Waals surface area (Å²) in [6.07, 6.45) is -24.1. The third-order valence-corrected chi connectivity index (χ3v) is 18.4. The van der Waals surface area contributed by atoms with Gasteiger partial charge in [-0.25, -0.2) is 8.42 Å². The van der Waals surface area contributed by atoms with Crippen molar-refractivity contribution in [3.05, 3.63) is 46.4 Å². The zero-order chi connectivity index (χ0) is 56.6. The van der Waals surface area contributed by atoms with Crippen LogP contribution in [0.4, 0.5) is 52.7 Å². The van der Waals surface area contributed by atoms with Crippen molar-refractivity contribution in [2.24, 2.45) is 10.8 Å². The van der Waals surface area contributed by atoms with E-state index in [1.165, 1.54) is 18.2 Å². The number of benzene rings is 2. The van der Waals surface area contributed by atoms with Crippen LogP contribution in [0.2, 0.25) is 10.0 Å². The first-order valence-electron chi connectivity index (χ1n) is 23.2. The standard InChI is InChI=1S/C23H22ClF6N3O5S.C23H22ClF6N3O3S/c1-12(22(25,26)27)38-13-2-3-17(15(24)8-13)39(36,37)14-9-16(18(34)32-20(11-31)4-5-20)33(10-14)19(35)21(6-7-21)23(28,29)30;1-12(22(25,26)27)36-13-2-3-17(15(24)8-13)37-14-9-16(18(34)32-20(11-31)4-5-20)33(10-14)19(35)21(6-7-21)23(28,29)30/h2-3,8,12,14,16H,4-7,9-10H2,1H3,(H,32,34);2-3,8,12,14,16H,4-7,9-10H2,1H3,(H,32,34)/t12?,14-,16+;12-,14+,16-/m10/s1. The van der Waals surface area contributed by atoms with Crippen LogP contribution in [0, 0.1) is 33.5 Å². The Labute approximate surface area is 439 Å². The molecule has 2 aromatic rings. The molecule has 0 radical (unpaired) electrons. The lowest BCUT2D eigenvalue weighted by Gasteiger charge is -2.29. The molecule has 2 N–H and O–H groups in total. The van der Waals surface area contributed by atoms with Gasteiger partial charge in [0, 0.05) is 29.3 Å². The van der Waals surface area contributed by atoms with Crippen molar-refractivity contribution in [1.82, 2.24) is 20.4 Å². The number of nitrogens with one attached hydrogen (secondary N) is 2. The van der Waals surface area contributed by atoms with Crippen LogP contribution in [-0.2, 0) is 29.0 Å². The summed E-state index contributed by atoms with van der Waals surface area (Å²) in [6.45, 7) is 0.659. The van der Waals surface area contributed by atoms with Crippen molar-refractivity contribution in [2.75, 3.05) is 13.1 Å². The van der Waals surface area contributed by atoms with E-state index in [2.05, 4.69) is 10.6 Å². The van der Waals surface area contributed by atoms with Gasteiger partial charge in [-0.05, 0) is 108 Å². The Morgan fingerprint density at radius 3 is 1.43 bits per heavy atom. The number of ether oxygens (including phenoxy) is 2. The maximum atomic E-state index is 13.7. The van der Waals surface area contributed by atoms with Crippen LogP contribution < -0.4 is 20.1 Å². The number of carbonyl (C=O) groups excluding carboxylic acids is 4. The minimum absolute atomic E-state index is 0.0113. The Morgan fingerprint density at radius 2 is 1.07 bits per heavy atom. The molecule has 2 saturated heterocycles. The predicted octanol–water partition coefficient (Wildman–Crippen LogP) is 9.17. The second-order valence-electron chi connectivity index (χ2n) is 19.6. The van der Waals surface area contributed by atoms with Crippen LogP contribution in [-0.4, -0.2) is 126 Å². The fraction of sp³-hybridized carbons (Fsp3) is 0.609. The zero-order valence-electron chi connectivity index (χ0n) is 39.6. The molecule has 4 saturated carbocycles. The number of alkyl halides is 12. The SMILES string of the molecule is CC(Oc1ccc(S(=O)(=O)[C@@H]2C[C@@H](C(=O)NC3(C#N)CC3)N(C(=O)C3(C(F)(F)F)CC3)C2)c(Cl)c1)C(F)(F)F.C[C@H](Oc1ccc(S[C@@H]2C[C@@H](C(=O)NC3(C#N)CC3)N(C(=O)C3(C(F)(F)F)CC3)C2)c(Cl)c1)C(F)(F)F. The number of hydrogen-bond acceptors (Lipinski definition) is 11. The predicted molar refractivity (Wildman–Crippen MR) is 243 cm³/mol. The van der Waals surface area contributed by atoms with Crippen molar-refractivity contribution < 1.29 is 89.8 Å².